The number of imidazole rings is 1. The summed E-state index contributed by atoms with van der Waals surface area (Å²) in [6, 6.07) is 0.643. The van der Waals surface area contributed by atoms with Crippen LogP contribution < -0.4 is 4.74 Å². The SMILES string of the molecule is COCCOc1ncc(C)n1C. The maximum Gasteiger partial charge on any atom is 0.296 e. The van der Waals surface area contributed by atoms with Crippen LogP contribution in [0.4, 0.5) is 0 Å². The second-order valence-electron chi connectivity index (χ2n) is 2.58. The van der Waals surface area contributed by atoms with Crippen LogP contribution in [0.25, 0.3) is 0 Å². The van der Waals surface area contributed by atoms with Crippen LogP contribution in [0.1, 0.15) is 5.69 Å². The number of aryl methyl sites for hydroxylation is 1. The van der Waals surface area contributed by atoms with Crippen LogP contribution >= 0.6 is 0 Å². The fourth-order valence-corrected chi connectivity index (χ4v) is 0.823. The van der Waals surface area contributed by atoms with E-state index in [0.717, 1.165) is 5.69 Å². The summed E-state index contributed by atoms with van der Waals surface area (Å²) in [6.07, 6.45) is 1.78. The maximum atomic E-state index is 5.32. The zero-order valence-corrected chi connectivity index (χ0v) is 7.70. The molecule has 0 aliphatic heterocycles. The second-order valence-corrected chi connectivity index (χ2v) is 2.58. The highest BCUT2D eigenvalue weighted by Gasteiger charge is 2.02. The molecule has 0 bridgehead atoms. The Balaban J connectivity index is 2.46. The van der Waals surface area contributed by atoms with Crippen molar-refractivity contribution in [3.8, 4) is 6.01 Å². The molecule has 4 heteroatoms. The minimum atomic E-state index is 0.542. The van der Waals surface area contributed by atoms with Crippen molar-refractivity contribution in [2.24, 2.45) is 7.05 Å². The molecule has 1 heterocycles. The third kappa shape index (κ3) is 1.98. The lowest BCUT2D eigenvalue weighted by Gasteiger charge is -2.04. The molecule has 1 aromatic rings. The standard InChI is InChI=1S/C8H14N2O2/c1-7-6-9-8(10(7)2)12-5-4-11-3/h6H,4-5H2,1-3H3. The van der Waals surface area contributed by atoms with E-state index in [-0.39, 0.29) is 0 Å². The van der Waals surface area contributed by atoms with Crippen LogP contribution in [-0.4, -0.2) is 29.9 Å². The van der Waals surface area contributed by atoms with E-state index >= 15 is 0 Å². The molecule has 12 heavy (non-hydrogen) atoms. The van der Waals surface area contributed by atoms with Gasteiger partial charge < -0.3 is 14.0 Å². The van der Waals surface area contributed by atoms with Crippen molar-refractivity contribution in [2.75, 3.05) is 20.3 Å². The average Bonchev–Trinajstić information content (AvgIpc) is 2.36. The highest BCUT2D eigenvalue weighted by Crippen LogP contribution is 2.08. The van der Waals surface area contributed by atoms with E-state index in [9.17, 15) is 0 Å². The number of methoxy groups -OCH3 is 1. The third-order valence-corrected chi connectivity index (χ3v) is 1.70. The lowest BCUT2D eigenvalue weighted by atomic mass is 10.5. The lowest BCUT2D eigenvalue weighted by molar-refractivity contribution is 0.139. The largest absolute Gasteiger partial charge is 0.462 e. The summed E-state index contributed by atoms with van der Waals surface area (Å²) in [7, 11) is 3.57. The van der Waals surface area contributed by atoms with Gasteiger partial charge in [0.25, 0.3) is 6.01 Å². The molecule has 0 fully saturated rings. The van der Waals surface area contributed by atoms with Crippen LogP contribution in [0, 0.1) is 6.92 Å². The molecule has 0 aliphatic carbocycles. The Morgan fingerprint density at radius 1 is 1.50 bits per heavy atom. The Bertz CT molecular complexity index is 245. The van der Waals surface area contributed by atoms with Crippen molar-refractivity contribution in [1.82, 2.24) is 9.55 Å². The minimum absolute atomic E-state index is 0.542. The first kappa shape index (κ1) is 9.06. The molecule has 1 rings (SSSR count). The van der Waals surface area contributed by atoms with Gasteiger partial charge in [0.1, 0.15) is 6.61 Å². The Morgan fingerprint density at radius 2 is 2.25 bits per heavy atom. The molecule has 0 aliphatic rings. The van der Waals surface area contributed by atoms with Gasteiger partial charge >= 0.3 is 0 Å². The normalized spacial score (nSPS) is 10.2. The van der Waals surface area contributed by atoms with Crippen LogP contribution in [0.15, 0.2) is 6.20 Å². The smallest absolute Gasteiger partial charge is 0.296 e. The van der Waals surface area contributed by atoms with E-state index < -0.39 is 0 Å². The summed E-state index contributed by atoms with van der Waals surface area (Å²) >= 11 is 0. The van der Waals surface area contributed by atoms with Crippen LogP contribution in [0.2, 0.25) is 0 Å². The number of hydrogen-bond acceptors (Lipinski definition) is 3. The van der Waals surface area contributed by atoms with Crippen molar-refractivity contribution < 1.29 is 9.47 Å². The number of nitrogens with zero attached hydrogens (tertiary/aromatic N) is 2. The average molecular weight is 170 g/mol. The van der Waals surface area contributed by atoms with Gasteiger partial charge in [-0.3, -0.25) is 0 Å². The molecule has 68 valence electrons. The molecule has 0 unspecified atom stereocenters. The minimum Gasteiger partial charge on any atom is -0.462 e. The van der Waals surface area contributed by atoms with Crippen LogP contribution in [0.3, 0.4) is 0 Å². The molecular formula is C8H14N2O2. The molecular weight excluding hydrogens is 156 g/mol. The van der Waals surface area contributed by atoms with Crippen molar-refractivity contribution in [3.05, 3.63) is 11.9 Å². The van der Waals surface area contributed by atoms with Gasteiger partial charge in [0.2, 0.25) is 0 Å². The van der Waals surface area contributed by atoms with Gasteiger partial charge in [-0.05, 0) is 6.92 Å². The highest BCUT2D eigenvalue weighted by molar-refractivity contribution is 5.06. The topological polar surface area (TPSA) is 36.3 Å². The molecule has 4 nitrogen and oxygen atoms in total. The molecule has 0 atom stereocenters. The predicted octanol–water partition coefficient (Wildman–Crippen LogP) is 0.754. The molecule has 0 aromatic carbocycles. The van der Waals surface area contributed by atoms with Gasteiger partial charge in [-0.15, -0.1) is 0 Å². The Hall–Kier alpha value is -1.03. The van der Waals surface area contributed by atoms with Gasteiger partial charge in [0, 0.05) is 19.9 Å². The molecule has 1 aromatic heterocycles. The van der Waals surface area contributed by atoms with Crippen molar-refractivity contribution in [3.63, 3.8) is 0 Å². The van der Waals surface area contributed by atoms with E-state index in [1.165, 1.54) is 0 Å². The van der Waals surface area contributed by atoms with E-state index in [4.69, 9.17) is 9.47 Å². The van der Waals surface area contributed by atoms with E-state index in [0.29, 0.717) is 19.2 Å². The molecule has 0 spiro atoms. The number of rotatable bonds is 4. The molecule has 0 saturated carbocycles. The van der Waals surface area contributed by atoms with Crippen molar-refractivity contribution >= 4 is 0 Å². The molecule has 0 amide bonds. The quantitative estimate of drug-likeness (QED) is 0.626. The zero-order valence-electron chi connectivity index (χ0n) is 7.70. The lowest BCUT2D eigenvalue weighted by Crippen LogP contribution is -2.07. The van der Waals surface area contributed by atoms with Gasteiger partial charge in [0.05, 0.1) is 12.8 Å². The van der Waals surface area contributed by atoms with E-state index in [1.54, 1.807) is 13.3 Å². The van der Waals surface area contributed by atoms with Gasteiger partial charge in [-0.1, -0.05) is 0 Å². The summed E-state index contributed by atoms with van der Waals surface area (Å²) in [6.45, 7) is 3.11. The summed E-state index contributed by atoms with van der Waals surface area (Å²) in [5.74, 6) is 0. The van der Waals surface area contributed by atoms with Crippen LogP contribution in [0.5, 0.6) is 6.01 Å². The maximum absolute atomic E-state index is 5.32. The third-order valence-electron chi connectivity index (χ3n) is 1.70. The summed E-state index contributed by atoms with van der Waals surface area (Å²) in [5.41, 5.74) is 1.09. The first-order valence-corrected chi connectivity index (χ1v) is 3.85. The van der Waals surface area contributed by atoms with Crippen LogP contribution in [-0.2, 0) is 11.8 Å². The molecule has 0 radical (unpaired) electrons. The highest BCUT2D eigenvalue weighted by atomic mass is 16.5. The summed E-state index contributed by atoms with van der Waals surface area (Å²) in [5, 5.41) is 0. The Morgan fingerprint density at radius 3 is 2.75 bits per heavy atom. The summed E-state index contributed by atoms with van der Waals surface area (Å²) in [4.78, 5) is 4.07. The Labute approximate surface area is 72.1 Å². The van der Waals surface area contributed by atoms with Crippen molar-refractivity contribution in [1.29, 1.82) is 0 Å². The van der Waals surface area contributed by atoms with Gasteiger partial charge in [-0.25, -0.2) is 4.98 Å². The van der Waals surface area contributed by atoms with Gasteiger partial charge in [0.15, 0.2) is 0 Å². The summed E-state index contributed by atoms with van der Waals surface area (Å²) < 4.78 is 12.1. The molecule has 0 N–H and O–H groups in total. The zero-order chi connectivity index (χ0) is 8.97. The fourth-order valence-electron chi connectivity index (χ4n) is 0.823. The first-order valence-electron chi connectivity index (χ1n) is 3.85. The predicted molar refractivity (Wildman–Crippen MR) is 45.3 cm³/mol. The number of ether oxygens (including phenoxy) is 2. The Kier molecular flexibility index (Phi) is 3.10. The first-order chi connectivity index (χ1) is 5.75. The van der Waals surface area contributed by atoms with Gasteiger partial charge in [-0.2, -0.15) is 0 Å². The second kappa shape index (κ2) is 4.11. The number of hydrogen-bond donors (Lipinski definition) is 0. The van der Waals surface area contributed by atoms with Crippen molar-refractivity contribution in [2.45, 2.75) is 6.92 Å². The van der Waals surface area contributed by atoms with E-state index in [2.05, 4.69) is 4.98 Å². The number of aromatic nitrogens is 2. The monoisotopic (exact) mass is 170 g/mol. The molecule has 0 saturated heterocycles. The van der Waals surface area contributed by atoms with E-state index in [1.807, 2.05) is 18.5 Å². The fraction of sp³-hybridized carbons (Fsp3) is 0.625.